The monoisotopic (exact) mass is 399 g/mol. The van der Waals surface area contributed by atoms with Gasteiger partial charge in [0, 0.05) is 5.56 Å². The van der Waals surface area contributed by atoms with Crippen LogP contribution in [-0.2, 0) is 11.2 Å². The van der Waals surface area contributed by atoms with E-state index in [0.717, 1.165) is 16.7 Å². The van der Waals surface area contributed by atoms with E-state index < -0.39 is 0 Å². The zero-order valence-electron chi connectivity index (χ0n) is 16.3. The quantitative estimate of drug-likeness (QED) is 0.480. The second-order valence-corrected chi connectivity index (χ2v) is 6.78. The highest BCUT2D eigenvalue weighted by molar-refractivity contribution is 5.78. The summed E-state index contributed by atoms with van der Waals surface area (Å²) >= 11 is 0. The number of amides is 1. The molecule has 1 atom stereocenters. The third kappa shape index (κ3) is 5.11. The Balaban J connectivity index is 1.37. The molecule has 30 heavy (non-hydrogen) atoms. The molecule has 0 radical (unpaired) electrons. The van der Waals surface area contributed by atoms with Crippen molar-refractivity contribution in [2.24, 2.45) is 0 Å². The lowest BCUT2D eigenvalue weighted by atomic mass is 9.99. The Morgan fingerprint density at radius 1 is 0.933 bits per heavy atom. The fraction of sp³-hybridized carbons (Fsp3) is 0.125. The van der Waals surface area contributed by atoms with Gasteiger partial charge in [-0.15, -0.1) is 10.2 Å². The van der Waals surface area contributed by atoms with Crippen LogP contribution in [0.15, 0.2) is 95.7 Å². The second-order valence-electron chi connectivity index (χ2n) is 6.78. The van der Waals surface area contributed by atoms with Gasteiger partial charge in [0.25, 0.3) is 5.91 Å². The first-order chi connectivity index (χ1) is 14.8. The zero-order chi connectivity index (χ0) is 20.6. The summed E-state index contributed by atoms with van der Waals surface area (Å²) in [6, 6.07) is 27.1. The third-order valence-corrected chi connectivity index (χ3v) is 4.65. The number of nitrogens with one attached hydrogen (secondary N) is 1. The second kappa shape index (κ2) is 9.52. The van der Waals surface area contributed by atoms with Gasteiger partial charge in [-0.2, -0.15) is 0 Å². The summed E-state index contributed by atoms with van der Waals surface area (Å²) < 4.78 is 10.8. The van der Waals surface area contributed by atoms with Gasteiger partial charge in [-0.3, -0.25) is 4.79 Å². The minimum Gasteiger partial charge on any atom is -0.484 e. The lowest BCUT2D eigenvalue weighted by Gasteiger charge is -2.20. The zero-order valence-corrected chi connectivity index (χ0v) is 16.3. The molecule has 0 aliphatic carbocycles. The van der Waals surface area contributed by atoms with Crippen LogP contribution >= 0.6 is 0 Å². The smallest absolute Gasteiger partial charge is 0.258 e. The maximum atomic E-state index is 12.6. The Morgan fingerprint density at radius 2 is 1.63 bits per heavy atom. The van der Waals surface area contributed by atoms with E-state index in [4.69, 9.17) is 9.15 Å². The molecule has 0 aliphatic heterocycles. The first-order valence-electron chi connectivity index (χ1n) is 9.65. The van der Waals surface area contributed by atoms with E-state index in [1.165, 1.54) is 6.39 Å². The minimum absolute atomic E-state index is 0.0714. The average Bonchev–Trinajstić information content (AvgIpc) is 3.34. The summed E-state index contributed by atoms with van der Waals surface area (Å²) in [4.78, 5) is 12.6. The van der Waals surface area contributed by atoms with Gasteiger partial charge in [0.2, 0.25) is 12.3 Å². The lowest BCUT2D eigenvalue weighted by molar-refractivity contribution is -0.123. The number of carbonyl (C=O) groups excluding carboxylic acids is 1. The molecule has 1 unspecified atom stereocenters. The highest BCUT2D eigenvalue weighted by atomic mass is 16.5. The van der Waals surface area contributed by atoms with Gasteiger partial charge in [-0.05, 0) is 41.8 Å². The molecule has 4 rings (SSSR count). The third-order valence-electron chi connectivity index (χ3n) is 4.65. The van der Waals surface area contributed by atoms with Crippen molar-refractivity contribution < 1.29 is 13.9 Å². The van der Waals surface area contributed by atoms with E-state index in [-0.39, 0.29) is 18.6 Å². The standard InChI is InChI=1S/C24H21N3O3/c28-23(16-29-21-13-11-20(12-14-21)24-27-25-17-30-24)26-22(19-9-5-2-6-10-19)15-18-7-3-1-4-8-18/h1-14,17,22H,15-16H2,(H,26,28). The van der Waals surface area contributed by atoms with Crippen LogP contribution in [0.3, 0.4) is 0 Å². The first-order valence-corrected chi connectivity index (χ1v) is 9.65. The molecule has 0 spiro atoms. The van der Waals surface area contributed by atoms with Crippen LogP contribution in [-0.4, -0.2) is 22.7 Å². The molecule has 1 aromatic heterocycles. The van der Waals surface area contributed by atoms with Crippen LogP contribution in [0.1, 0.15) is 17.2 Å². The normalized spacial score (nSPS) is 11.6. The SMILES string of the molecule is O=C(COc1ccc(-c2nnco2)cc1)NC(Cc1ccccc1)c1ccccc1. The van der Waals surface area contributed by atoms with E-state index >= 15 is 0 Å². The number of hydrogen-bond donors (Lipinski definition) is 1. The van der Waals surface area contributed by atoms with Crippen molar-refractivity contribution in [3.05, 3.63) is 102 Å². The van der Waals surface area contributed by atoms with E-state index in [9.17, 15) is 4.79 Å². The highest BCUT2D eigenvalue weighted by Gasteiger charge is 2.16. The Labute approximate surface area is 174 Å². The molecule has 1 heterocycles. The van der Waals surface area contributed by atoms with Crippen molar-refractivity contribution in [2.75, 3.05) is 6.61 Å². The van der Waals surface area contributed by atoms with Gasteiger partial charge in [0.15, 0.2) is 6.61 Å². The van der Waals surface area contributed by atoms with E-state index in [2.05, 4.69) is 27.6 Å². The molecule has 1 N–H and O–H groups in total. The molecule has 0 bridgehead atoms. The Kier molecular flexibility index (Phi) is 6.15. The fourth-order valence-corrected chi connectivity index (χ4v) is 3.16. The summed E-state index contributed by atoms with van der Waals surface area (Å²) in [6.07, 6.45) is 1.98. The van der Waals surface area contributed by atoms with Crippen molar-refractivity contribution in [1.82, 2.24) is 15.5 Å². The van der Waals surface area contributed by atoms with Gasteiger partial charge >= 0.3 is 0 Å². The molecule has 0 saturated carbocycles. The molecule has 4 aromatic rings. The van der Waals surface area contributed by atoms with Gasteiger partial charge in [0.05, 0.1) is 6.04 Å². The minimum atomic E-state index is -0.180. The van der Waals surface area contributed by atoms with Crippen LogP contribution in [0.25, 0.3) is 11.5 Å². The van der Waals surface area contributed by atoms with Crippen molar-refractivity contribution in [3.63, 3.8) is 0 Å². The molecular formula is C24H21N3O3. The molecule has 0 fully saturated rings. The van der Waals surface area contributed by atoms with Crippen LogP contribution in [0.5, 0.6) is 5.75 Å². The molecule has 3 aromatic carbocycles. The number of aromatic nitrogens is 2. The number of nitrogens with zero attached hydrogens (tertiary/aromatic N) is 2. The number of carbonyl (C=O) groups is 1. The molecule has 6 nitrogen and oxygen atoms in total. The van der Waals surface area contributed by atoms with Crippen LogP contribution in [0, 0.1) is 0 Å². The van der Waals surface area contributed by atoms with Crippen molar-refractivity contribution in [3.8, 4) is 17.2 Å². The van der Waals surface area contributed by atoms with Crippen LogP contribution in [0.2, 0.25) is 0 Å². The Hall–Kier alpha value is -3.93. The maximum Gasteiger partial charge on any atom is 0.258 e. The molecule has 150 valence electrons. The summed E-state index contributed by atoms with van der Waals surface area (Å²) in [6.45, 7) is -0.0714. The molecule has 6 heteroatoms. The molecule has 1 amide bonds. The van der Waals surface area contributed by atoms with Gasteiger partial charge in [-0.25, -0.2) is 0 Å². The van der Waals surface area contributed by atoms with E-state index in [0.29, 0.717) is 18.1 Å². The highest BCUT2D eigenvalue weighted by Crippen LogP contribution is 2.21. The first kappa shape index (κ1) is 19.4. The number of ether oxygens (including phenoxy) is 1. The Morgan fingerprint density at radius 3 is 2.30 bits per heavy atom. The van der Waals surface area contributed by atoms with E-state index in [1.807, 2.05) is 60.7 Å². The van der Waals surface area contributed by atoms with Crippen molar-refractivity contribution >= 4 is 5.91 Å². The summed E-state index contributed by atoms with van der Waals surface area (Å²) in [5.41, 5.74) is 3.00. The van der Waals surface area contributed by atoms with Gasteiger partial charge in [-0.1, -0.05) is 60.7 Å². The Bertz CT molecular complexity index is 1050. The predicted octanol–water partition coefficient (Wildman–Crippen LogP) is 4.22. The largest absolute Gasteiger partial charge is 0.484 e. The summed E-state index contributed by atoms with van der Waals surface area (Å²) in [7, 11) is 0. The van der Waals surface area contributed by atoms with Crippen molar-refractivity contribution in [2.45, 2.75) is 12.5 Å². The van der Waals surface area contributed by atoms with Crippen LogP contribution < -0.4 is 10.1 Å². The number of hydrogen-bond acceptors (Lipinski definition) is 5. The summed E-state index contributed by atoms with van der Waals surface area (Å²) in [5, 5.41) is 10.6. The predicted molar refractivity (Wildman–Crippen MR) is 113 cm³/mol. The van der Waals surface area contributed by atoms with Gasteiger partial charge in [0.1, 0.15) is 5.75 Å². The molecule has 0 aliphatic rings. The molecular weight excluding hydrogens is 378 g/mol. The van der Waals surface area contributed by atoms with Crippen LogP contribution in [0.4, 0.5) is 0 Å². The average molecular weight is 399 g/mol. The van der Waals surface area contributed by atoms with E-state index in [1.54, 1.807) is 12.1 Å². The topological polar surface area (TPSA) is 77.2 Å². The summed E-state index contributed by atoms with van der Waals surface area (Å²) in [5.74, 6) is 0.847. The van der Waals surface area contributed by atoms with Crippen molar-refractivity contribution in [1.29, 1.82) is 0 Å². The molecule has 0 saturated heterocycles. The lowest BCUT2D eigenvalue weighted by Crippen LogP contribution is -2.33. The number of rotatable bonds is 8. The fourth-order valence-electron chi connectivity index (χ4n) is 3.16. The van der Waals surface area contributed by atoms with Gasteiger partial charge < -0.3 is 14.5 Å². The number of benzene rings is 3. The maximum absolute atomic E-state index is 12.6.